The fourth-order valence-corrected chi connectivity index (χ4v) is 3.30. The molecule has 0 spiro atoms. The average molecular weight is 348 g/mol. The number of hydrogen-bond acceptors (Lipinski definition) is 5. The van der Waals surface area contributed by atoms with Crippen LogP contribution in [0.1, 0.15) is 30.9 Å². The molecule has 1 atom stereocenters. The number of piperidine rings is 1. The second kappa shape index (κ2) is 7.43. The summed E-state index contributed by atoms with van der Waals surface area (Å²) in [4.78, 5) is 23.2. The molecule has 26 heavy (non-hydrogen) atoms. The normalized spacial score (nSPS) is 15.6. The van der Waals surface area contributed by atoms with E-state index in [2.05, 4.69) is 20.3 Å². The molecule has 7 nitrogen and oxygen atoms in total. The number of carbonyl (C=O) groups is 1. The van der Waals surface area contributed by atoms with Crippen molar-refractivity contribution in [3.05, 3.63) is 60.8 Å². The average Bonchev–Trinajstić information content (AvgIpc) is 3.20. The van der Waals surface area contributed by atoms with Crippen molar-refractivity contribution in [1.29, 1.82) is 0 Å². The molecule has 132 valence electrons. The molecule has 0 bridgehead atoms. The third-order valence-corrected chi connectivity index (χ3v) is 4.65. The van der Waals surface area contributed by atoms with Crippen LogP contribution in [0, 0.1) is 0 Å². The summed E-state index contributed by atoms with van der Waals surface area (Å²) in [6.07, 6.45) is 9.92. The maximum Gasteiger partial charge on any atom is 0.252 e. The molecule has 4 rings (SSSR count). The fraction of sp³-hybridized carbons (Fsp3) is 0.316. The summed E-state index contributed by atoms with van der Waals surface area (Å²) in [7, 11) is 0. The van der Waals surface area contributed by atoms with Crippen LogP contribution in [0.25, 0.3) is 11.3 Å². The summed E-state index contributed by atoms with van der Waals surface area (Å²) >= 11 is 0. The van der Waals surface area contributed by atoms with Crippen molar-refractivity contribution >= 4 is 5.91 Å². The summed E-state index contributed by atoms with van der Waals surface area (Å²) in [6.45, 7) is 1.60. The topological polar surface area (TPSA) is 76.8 Å². The van der Waals surface area contributed by atoms with Crippen molar-refractivity contribution in [2.45, 2.75) is 25.3 Å². The van der Waals surface area contributed by atoms with E-state index in [-0.39, 0.29) is 5.91 Å². The van der Waals surface area contributed by atoms with Gasteiger partial charge in [0, 0.05) is 31.0 Å². The molecule has 7 heteroatoms. The lowest BCUT2D eigenvalue weighted by Crippen LogP contribution is -2.41. The first-order valence-corrected chi connectivity index (χ1v) is 8.84. The largest absolute Gasteiger partial charge is 0.341 e. The molecule has 0 N–H and O–H groups in total. The predicted octanol–water partition coefficient (Wildman–Crippen LogP) is 2.34. The zero-order chi connectivity index (χ0) is 17.8. The Hall–Kier alpha value is -3.09. The lowest BCUT2D eigenvalue weighted by Gasteiger charge is -2.30. The van der Waals surface area contributed by atoms with Crippen LogP contribution in [0.4, 0.5) is 0 Å². The molecular weight excluding hydrogens is 328 g/mol. The molecule has 2 aromatic heterocycles. The van der Waals surface area contributed by atoms with Crippen molar-refractivity contribution in [2.75, 3.05) is 13.1 Å². The molecular formula is C19H20N6O. The molecule has 0 radical (unpaired) electrons. The molecule has 3 aromatic rings. The van der Waals surface area contributed by atoms with Crippen LogP contribution < -0.4 is 0 Å². The minimum absolute atomic E-state index is 0.0664. The molecule has 0 saturated carbocycles. The van der Waals surface area contributed by atoms with Gasteiger partial charge in [-0.1, -0.05) is 35.5 Å². The first-order valence-electron chi connectivity index (χ1n) is 8.84. The minimum Gasteiger partial charge on any atom is -0.341 e. The van der Waals surface area contributed by atoms with Crippen molar-refractivity contribution in [2.24, 2.45) is 0 Å². The standard InChI is InChI=1S/C19H20N6O/c26-19(24-9-5-2-6-10-24)18(15-7-3-1-4-8-15)25-13-17(22-23-25)16-11-20-14-21-12-16/h1,3-4,7-8,11-14,18H,2,5-6,9-10H2. The Bertz CT molecular complexity index is 858. The van der Waals surface area contributed by atoms with E-state index in [1.54, 1.807) is 23.3 Å². The third kappa shape index (κ3) is 3.33. The van der Waals surface area contributed by atoms with Crippen LogP contribution >= 0.6 is 0 Å². The fourth-order valence-electron chi connectivity index (χ4n) is 3.30. The molecule has 1 aliphatic heterocycles. The van der Waals surface area contributed by atoms with Gasteiger partial charge in [-0.05, 0) is 24.8 Å². The first kappa shape index (κ1) is 16.4. The van der Waals surface area contributed by atoms with Gasteiger partial charge in [-0.2, -0.15) is 0 Å². The molecule has 1 amide bonds. The number of carbonyl (C=O) groups excluding carboxylic acids is 1. The summed E-state index contributed by atoms with van der Waals surface area (Å²) in [5.41, 5.74) is 2.33. The van der Waals surface area contributed by atoms with Gasteiger partial charge in [-0.25, -0.2) is 14.6 Å². The van der Waals surface area contributed by atoms with Crippen molar-refractivity contribution in [1.82, 2.24) is 29.9 Å². The Labute approximate surface area is 151 Å². The Morgan fingerprint density at radius 2 is 1.73 bits per heavy atom. The molecule has 1 aromatic carbocycles. The summed E-state index contributed by atoms with van der Waals surface area (Å²) < 4.78 is 1.65. The van der Waals surface area contributed by atoms with Gasteiger partial charge in [0.05, 0.1) is 6.20 Å². The number of nitrogens with zero attached hydrogens (tertiary/aromatic N) is 6. The van der Waals surface area contributed by atoms with Gasteiger partial charge < -0.3 is 4.90 Å². The molecule has 1 fully saturated rings. The zero-order valence-electron chi connectivity index (χ0n) is 14.4. The SMILES string of the molecule is O=C(C(c1ccccc1)n1cc(-c2cncnc2)nn1)N1CCCCC1. The highest BCUT2D eigenvalue weighted by atomic mass is 16.2. The van der Waals surface area contributed by atoms with Crippen LogP contribution in [-0.2, 0) is 4.79 Å². The molecule has 1 saturated heterocycles. The lowest BCUT2D eigenvalue weighted by atomic mass is 10.0. The van der Waals surface area contributed by atoms with E-state index >= 15 is 0 Å². The monoisotopic (exact) mass is 348 g/mol. The highest BCUT2D eigenvalue weighted by molar-refractivity contribution is 5.83. The van der Waals surface area contributed by atoms with Crippen molar-refractivity contribution in [3.8, 4) is 11.3 Å². The number of rotatable bonds is 4. The van der Waals surface area contributed by atoms with Crippen molar-refractivity contribution in [3.63, 3.8) is 0 Å². The number of hydrogen-bond donors (Lipinski definition) is 0. The van der Waals surface area contributed by atoms with Gasteiger partial charge in [-0.15, -0.1) is 5.10 Å². The van der Waals surface area contributed by atoms with Crippen LogP contribution in [-0.4, -0.2) is 48.9 Å². The molecule has 1 unspecified atom stereocenters. The van der Waals surface area contributed by atoms with E-state index in [1.807, 2.05) is 35.2 Å². The maximum atomic E-state index is 13.3. The number of amides is 1. The van der Waals surface area contributed by atoms with E-state index in [1.165, 1.54) is 12.7 Å². The van der Waals surface area contributed by atoms with E-state index < -0.39 is 6.04 Å². The van der Waals surface area contributed by atoms with Gasteiger partial charge in [0.1, 0.15) is 12.0 Å². The van der Waals surface area contributed by atoms with Crippen LogP contribution in [0.2, 0.25) is 0 Å². The first-order chi connectivity index (χ1) is 12.8. The molecule has 0 aliphatic carbocycles. The van der Waals surface area contributed by atoms with Gasteiger partial charge in [0.25, 0.3) is 5.91 Å². The smallest absolute Gasteiger partial charge is 0.252 e. The van der Waals surface area contributed by atoms with Crippen LogP contribution in [0.3, 0.4) is 0 Å². The molecule has 3 heterocycles. The Balaban J connectivity index is 1.69. The van der Waals surface area contributed by atoms with Gasteiger partial charge in [0.2, 0.25) is 0 Å². The zero-order valence-corrected chi connectivity index (χ0v) is 14.4. The number of likely N-dealkylation sites (tertiary alicyclic amines) is 1. The highest BCUT2D eigenvalue weighted by Crippen LogP contribution is 2.24. The second-order valence-electron chi connectivity index (χ2n) is 6.41. The maximum absolute atomic E-state index is 13.3. The Morgan fingerprint density at radius 1 is 1.00 bits per heavy atom. The Morgan fingerprint density at radius 3 is 2.46 bits per heavy atom. The van der Waals surface area contributed by atoms with Gasteiger partial charge >= 0.3 is 0 Å². The van der Waals surface area contributed by atoms with Crippen LogP contribution in [0.5, 0.6) is 0 Å². The predicted molar refractivity (Wildman–Crippen MR) is 96.1 cm³/mol. The van der Waals surface area contributed by atoms with E-state index in [4.69, 9.17) is 0 Å². The van der Waals surface area contributed by atoms with E-state index in [0.717, 1.165) is 37.1 Å². The van der Waals surface area contributed by atoms with Gasteiger partial charge in [-0.3, -0.25) is 4.79 Å². The number of aromatic nitrogens is 5. The number of benzene rings is 1. The van der Waals surface area contributed by atoms with E-state index in [0.29, 0.717) is 5.69 Å². The minimum atomic E-state index is -0.514. The van der Waals surface area contributed by atoms with Gasteiger partial charge in [0.15, 0.2) is 6.04 Å². The summed E-state index contributed by atoms with van der Waals surface area (Å²) in [5.74, 6) is 0.0664. The van der Waals surface area contributed by atoms with Crippen LogP contribution in [0.15, 0.2) is 55.2 Å². The lowest BCUT2D eigenvalue weighted by molar-refractivity contribution is -0.134. The molecule has 1 aliphatic rings. The highest BCUT2D eigenvalue weighted by Gasteiger charge is 2.29. The van der Waals surface area contributed by atoms with Crippen molar-refractivity contribution < 1.29 is 4.79 Å². The quantitative estimate of drug-likeness (QED) is 0.723. The van der Waals surface area contributed by atoms with E-state index in [9.17, 15) is 4.79 Å². The Kier molecular flexibility index (Phi) is 4.68. The summed E-state index contributed by atoms with van der Waals surface area (Å²) in [5, 5.41) is 8.47. The second-order valence-corrected chi connectivity index (χ2v) is 6.41. The summed E-state index contributed by atoms with van der Waals surface area (Å²) in [6, 6.07) is 9.22. The third-order valence-electron chi connectivity index (χ3n) is 4.65.